The zero-order valence-electron chi connectivity index (χ0n) is 9.38. The summed E-state index contributed by atoms with van der Waals surface area (Å²) >= 11 is 0. The Morgan fingerprint density at radius 3 is 2.81 bits per heavy atom. The highest BCUT2D eigenvalue weighted by atomic mass is 15.5. The van der Waals surface area contributed by atoms with Gasteiger partial charge < -0.3 is 5.32 Å². The maximum Gasteiger partial charge on any atom is 0.207 e. The van der Waals surface area contributed by atoms with E-state index in [1.807, 2.05) is 13.8 Å². The second-order valence-electron chi connectivity index (χ2n) is 4.43. The Morgan fingerprint density at radius 1 is 1.31 bits per heavy atom. The predicted octanol–water partition coefficient (Wildman–Crippen LogP) is 1.38. The van der Waals surface area contributed by atoms with Gasteiger partial charge in [0, 0.05) is 6.04 Å². The summed E-state index contributed by atoms with van der Waals surface area (Å²) < 4.78 is 0. The lowest BCUT2D eigenvalue weighted by Crippen LogP contribution is -2.05. The molecule has 1 aliphatic rings. The van der Waals surface area contributed by atoms with E-state index in [4.69, 9.17) is 0 Å². The molecule has 3 rings (SSSR count). The highest BCUT2D eigenvalue weighted by Crippen LogP contribution is 2.26. The fraction of sp³-hybridized carbons (Fsp3) is 0.600. The van der Waals surface area contributed by atoms with Crippen LogP contribution >= 0.6 is 0 Å². The van der Waals surface area contributed by atoms with E-state index < -0.39 is 0 Å². The van der Waals surface area contributed by atoms with Crippen LogP contribution in [0.4, 0.5) is 5.82 Å². The summed E-state index contributed by atoms with van der Waals surface area (Å²) in [5.74, 6) is 0.805. The normalized spacial score (nSPS) is 15.9. The number of nitrogens with one attached hydrogen (secondary N) is 1. The van der Waals surface area contributed by atoms with Crippen LogP contribution in [0.3, 0.4) is 0 Å². The van der Waals surface area contributed by atoms with Gasteiger partial charge in [-0.15, -0.1) is 10.2 Å². The molecule has 6 nitrogen and oxygen atoms in total. The van der Waals surface area contributed by atoms with Gasteiger partial charge in [-0.3, -0.25) is 0 Å². The molecule has 0 bridgehead atoms. The van der Waals surface area contributed by atoms with Gasteiger partial charge in [0.1, 0.15) is 6.33 Å². The standard InChI is InChI=1S/C10H14N6/c1-6(2)16-14-8-9(13-7-3-4-7)11-5-12-10(8)15-16/h5-7H,3-4H2,1-2H3,(H,11,12,13,15). The van der Waals surface area contributed by atoms with Crippen LogP contribution < -0.4 is 5.32 Å². The van der Waals surface area contributed by atoms with Crippen molar-refractivity contribution in [3.63, 3.8) is 0 Å². The number of hydrogen-bond acceptors (Lipinski definition) is 5. The van der Waals surface area contributed by atoms with Gasteiger partial charge in [0.15, 0.2) is 11.3 Å². The molecular weight excluding hydrogens is 204 g/mol. The summed E-state index contributed by atoms with van der Waals surface area (Å²) in [5, 5.41) is 12.1. The van der Waals surface area contributed by atoms with E-state index in [-0.39, 0.29) is 6.04 Å². The SMILES string of the molecule is CC(C)n1nc2ncnc(NC3CC3)c2n1. The van der Waals surface area contributed by atoms with Crippen LogP contribution in [0.1, 0.15) is 32.7 Å². The van der Waals surface area contributed by atoms with Crippen molar-refractivity contribution in [2.24, 2.45) is 0 Å². The second-order valence-corrected chi connectivity index (χ2v) is 4.43. The maximum atomic E-state index is 4.41. The lowest BCUT2D eigenvalue weighted by molar-refractivity contribution is 0.471. The molecule has 0 radical (unpaired) electrons. The molecule has 0 unspecified atom stereocenters. The van der Waals surface area contributed by atoms with Crippen LogP contribution in [0.2, 0.25) is 0 Å². The van der Waals surface area contributed by atoms with Crippen LogP contribution in [0.15, 0.2) is 6.33 Å². The van der Waals surface area contributed by atoms with E-state index in [9.17, 15) is 0 Å². The number of nitrogens with zero attached hydrogens (tertiary/aromatic N) is 5. The molecule has 1 saturated carbocycles. The minimum absolute atomic E-state index is 0.239. The van der Waals surface area contributed by atoms with E-state index in [2.05, 4.69) is 25.5 Å². The van der Waals surface area contributed by atoms with Crippen LogP contribution in [0.25, 0.3) is 11.2 Å². The molecule has 2 aromatic rings. The van der Waals surface area contributed by atoms with E-state index in [1.54, 1.807) is 4.80 Å². The van der Waals surface area contributed by atoms with Crippen LogP contribution in [0.5, 0.6) is 0 Å². The minimum atomic E-state index is 0.239. The molecule has 0 saturated heterocycles. The average molecular weight is 218 g/mol. The molecule has 6 heteroatoms. The molecule has 0 aliphatic heterocycles. The van der Waals surface area contributed by atoms with Crippen molar-refractivity contribution in [3.8, 4) is 0 Å². The molecule has 0 aromatic carbocycles. The predicted molar refractivity (Wildman–Crippen MR) is 60.1 cm³/mol. The average Bonchev–Trinajstić information content (AvgIpc) is 2.95. The number of aromatic nitrogens is 5. The summed E-state index contributed by atoms with van der Waals surface area (Å²) in [4.78, 5) is 10.0. The molecule has 1 fully saturated rings. The molecule has 0 atom stereocenters. The van der Waals surface area contributed by atoms with Crippen LogP contribution in [-0.2, 0) is 0 Å². The summed E-state index contributed by atoms with van der Waals surface area (Å²) in [5.41, 5.74) is 1.43. The largest absolute Gasteiger partial charge is 0.365 e. The van der Waals surface area contributed by atoms with Crippen LogP contribution in [-0.4, -0.2) is 31.0 Å². The zero-order valence-corrected chi connectivity index (χ0v) is 9.38. The Balaban J connectivity index is 2.06. The number of anilines is 1. The van der Waals surface area contributed by atoms with Crippen molar-refractivity contribution in [1.29, 1.82) is 0 Å². The second kappa shape index (κ2) is 3.40. The fourth-order valence-electron chi connectivity index (χ4n) is 1.51. The van der Waals surface area contributed by atoms with Gasteiger partial charge in [0.05, 0.1) is 6.04 Å². The molecule has 84 valence electrons. The van der Waals surface area contributed by atoms with Crippen molar-refractivity contribution in [1.82, 2.24) is 25.0 Å². The maximum absolute atomic E-state index is 4.41. The van der Waals surface area contributed by atoms with Gasteiger partial charge in [-0.1, -0.05) is 0 Å². The van der Waals surface area contributed by atoms with E-state index in [0.717, 1.165) is 11.3 Å². The Labute approximate surface area is 93.1 Å². The number of hydrogen-bond donors (Lipinski definition) is 1. The lowest BCUT2D eigenvalue weighted by Gasteiger charge is -2.02. The van der Waals surface area contributed by atoms with Crippen molar-refractivity contribution in [2.75, 3.05) is 5.32 Å². The Morgan fingerprint density at radius 2 is 2.12 bits per heavy atom. The monoisotopic (exact) mass is 218 g/mol. The van der Waals surface area contributed by atoms with Gasteiger partial charge in [-0.25, -0.2) is 9.97 Å². The minimum Gasteiger partial charge on any atom is -0.365 e. The smallest absolute Gasteiger partial charge is 0.207 e. The highest BCUT2D eigenvalue weighted by Gasteiger charge is 2.23. The zero-order chi connectivity index (χ0) is 11.1. The van der Waals surface area contributed by atoms with E-state index in [1.165, 1.54) is 19.2 Å². The third-order valence-electron chi connectivity index (χ3n) is 2.58. The van der Waals surface area contributed by atoms with Crippen LogP contribution in [0, 0.1) is 0 Å². The van der Waals surface area contributed by atoms with Crippen molar-refractivity contribution >= 4 is 17.0 Å². The molecule has 1 aliphatic carbocycles. The summed E-state index contributed by atoms with van der Waals surface area (Å²) in [6.45, 7) is 4.08. The van der Waals surface area contributed by atoms with Gasteiger partial charge in [0.2, 0.25) is 5.65 Å². The fourth-order valence-corrected chi connectivity index (χ4v) is 1.51. The van der Waals surface area contributed by atoms with E-state index in [0.29, 0.717) is 11.7 Å². The molecule has 2 aromatic heterocycles. The molecule has 16 heavy (non-hydrogen) atoms. The van der Waals surface area contributed by atoms with Gasteiger partial charge in [-0.2, -0.15) is 4.80 Å². The van der Waals surface area contributed by atoms with Gasteiger partial charge in [0.25, 0.3) is 0 Å². The number of rotatable bonds is 3. The number of fused-ring (bicyclic) bond motifs is 1. The third-order valence-corrected chi connectivity index (χ3v) is 2.58. The molecule has 2 heterocycles. The third kappa shape index (κ3) is 1.60. The molecular formula is C10H14N6. The highest BCUT2D eigenvalue weighted by molar-refractivity contribution is 5.81. The summed E-state index contributed by atoms with van der Waals surface area (Å²) in [6, 6.07) is 0.797. The summed E-state index contributed by atoms with van der Waals surface area (Å²) in [7, 11) is 0. The summed E-state index contributed by atoms with van der Waals surface area (Å²) in [6.07, 6.45) is 3.96. The lowest BCUT2D eigenvalue weighted by atomic mass is 10.4. The van der Waals surface area contributed by atoms with Crippen molar-refractivity contribution in [3.05, 3.63) is 6.33 Å². The first-order valence-corrected chi connectivity index (χ1v) is 5.58. The Kier molecular flexibility index (Phi) is 2.02. The van der Waals surface area contributed by atoms with Gasteiger partial charge in [-0.05, 0) is 26.7 Å². The molecule has 0 amide bonds. The first kappa shape index (κ1) is 9.50. The van der Waals surface area contributed by atoms with Crippen molar-refractivity contribution < 1.29 is 0 Å². The quantitative estimate of drug-likeness (QED) is 0.842. The first-order valence-electron chi connectivity index (χ1n) is 5.58. The van der Waals surface area contributed by atoms with E-state index >= 15 is 0 Å². The molecule has 1 N–H and O–H groups in total. The Hall–Kier alpha value is -1.72. The van der Waals surface area contributed by atoms with Crippen molar-refractivity contribution in [2.45, 2.75) is 38.8 Å². The topological polar surface area (TPSA) is 68.5 Å². The molecule has 0 spiro atoms. The van der Waals surface area contributed by atoms with Gasteiger partial charge >= 0.3 is 0 Å². The first-order chi connectivity index (χ1) is 7.74. The Bertz CT molecular complexity index is 513.